The van der Waals surface area contributed by atoms with Crippen molar-refractivity contribution in [2.45, 2.75) is 25.5 Å². The monoisotopic (exact) mass is 487 g/mol. The molecule has 0 saturated heterocycles. The van der Waals surface area contributed by atoms with Crippen LogP contribution < -0.4 is 5.56 Å². The first kappa shape index (κ1) is 22.9. The molecule has 0 saturated carbocycles. The summed E-state index contributed by atoms with van der Waals surface area (Å²) in [6.07, 6.45) is 1.63. The van der Waals surface area contributed by atoms with Crippen LogP contribution in [0.1, 0.15) is 27.5 Å². The standard InChI is InChI=1S/C27H22FN3O3S/c1-17-14-23(18(2)30(17)15-21-6-5-13-34-21)25(32)16-35-27-29-24-8-4-3-7-22(24)26(33)31(27)20-11-9-19(28)10-12-20/h3-14H,15-16H2,1-2H3. The lowest BCUT2D eigenvalue weighted by Crippen LogP contribution is -2.22. The SMILES string of the molecule is Cc1cc(C(=O)CSc2nc3ccccc3c(=O)n2-c2ccc(F)cc2)c(C)n1Cc1ccco1. The predicted octanol–water partition coefficient (Wildman–Crippen LogP) is 5.56. The maximum absolute atomic E-state index is 13.5. The highest BCUT2D eigenvalue weighted by molar-refractivity contribution is 7.99. The number of fused-ring (bicyclic) bond motifs is 1. The summed E-state index contributed by atoms with van der Waals surface area (Å²) < 4.78 is 22.5. The van der Waals surface area contributed by atoms with E-state index in [4.69, 9.17) is 4.42 Å². The summed E-state index contributed by atoms with van der Waals surface area (Å²) in [6.45, 7) is 4.41. The molecule has 0 N–H and O–H groups in total. The van der Waals surface area contributed by atoms with Gasteiger partial charge in [0.15, 0.2) is 10.9 Å². The lowest BCUT2D eigenvalue weighted by molar-refractivity contribution is 0.102. The molecule has 5 rings (SSSR count). The van der Waals surface area contributed by atoms with Gasteiger partial charge in [-0.15, -0.1) is 0 Å². The van der Waals surface area contributed by atoms with Crippen molar-refractivity contribution in [3.63, 3.8) is 0 Å². The number of hydrogen-bond acceptors (Lipinski definition) is 5. The lowest BCUT2D eigenvalue weighted by Gasteiger charge is -2.13. The van der Waals surface area contributed by atoms with Crippen molar-refractivity contribution in [3.05, 3.63) is 112 Å². The number of benzene rings is 2. The molecule has 6 nitrogen and oxygen atoms in total. The molecule has 176 valence electrons. The molecule has 0 radical (unpaired) electrons. The minimum atomic E-state index is -0.398. The number of hydrogen-bond donors (Lipinski definition) is 0. The van der Waals surface area contributed by atoms with Gasteiger partial charge in [0.2, 0.25) is 0 Å². The van der Waals surface area contributed by atoms with Crippen molar-refractivity contribution in [3.8, 4) is 5.69 Å². The van der Waals surface area contributed by atoms with Gasteiger partial charge >= 0.3 is 0 Å². The summed E-state index contributed by atoms with van der Waals surface area (Å²) in [5.74, 6) is 0.437. The van der Waals surface area contributed by atoms with Crippen LogP contribution in [0.4, 0.5) is 4.39 Å². The van der Waals surface area contributed by atoms with Gasteiger partial charge in [-0.1, -0.05) is 23.9 Å². The average molecular weight is 488 g/mol. The number of aromatic nitrogens is 3. The van der Waals surface area contributed by atoms with E-state index in [0.717, 1.165) is 17.1 Å². The fourth-order valence-electron chi connectivity index (χ4n) is 4.12. The van der Waals surface area contributed by atoms with Gasteiger partial charge in [-0.2, -0.15) is 0 Å². The number of ketones is 1. The number of carbonyl (C=O) groups excluding carboxylic acids is 1. The van der Waals surface area contributed by atoms with Crippen LogP contribution in [0, 0.1) is 19.7 Å². The first-order valence-corrected chi connectivity index (χ1v) is 12.0. The Labute approximate surface area is 205 Å². The Bertz CT molecular complexity index is 1590. The molecular formula is C27H22FN3O3S. The van der Waals surface area contributed by atoms with E-state index in [-0.39, 0.29) is 17.1 Å². The second kappa shape index (κ2) is 9.38. The third-order valence-electron chi connectivity index (χ3n) is 5.93. The van der Waals surface area contributed by atoms with E-state index < -0.39 is 5.82 Å². The van der Waals surface area contributed by atoms with Crippen LogP contribution >= 0.6 is 11.8 Å². The van der Waals surface area contributed by atoms with Crippen molar-refractivity contribution in [2.24, 2.45) is 0 Å². The zero-order chi connectivity index (χ0) is 24.5. The summed E-state index contributed by atoms with van der Waals surface area (Å²) in [7, 11) is 0. The molecule has 0 spiro atoms. The zero-order valence-corrected chi connectivity index (χ0v) is 20.0. The third-order valence-corrected chi connectivity index (χ3v) is 6.87. The molecule has 3 heterocycles. The van der Waals surface area contributed by atoms with Crippen molar-refractivity contribution >= 4 is 28.4 Å². The summed E-state index contributed by atoms with van der Waals surface area (Å²) in [6, 6.07) is 18.3. The highest BCUT2D eigenvalue weighted by Crippen LogP contribution is 2.25. The fraction of sp³-hybridized carbons (Fsp3) is 0.148. The van der Waals surface area contributed by atoms with E-state index in [1.165, 1.54) is 40.6 Å². The van der Waals surface area contributed by atoms with Crippen LogP contribution in [0.15, 0.2) is 87.4 Å². The predicted molar refractivity (Wildman–Crippen MR) is 134 cm³/mol. The second-order valence-electron chi connectivity index (χ2n) is 8.19. The molecule has 0 amide bonds. The molecule has 5 aromatic rings. The van der Waals surface area contributed by atoms with Crippen LogP contribution in [0.25, 0.3) is 16.6 Å². The highest BCUT2D eigenvalue weighted by atomic mass is 32.2. The van der Waals surface area contributed by atoms with E-state index in [1.54, 1.807) is 24.5 Å². The number of nitrogens with zero attached hydrogens (tertiary/aromatic N) is 3. The topological polar surface area (TPSA) is 70.0 Å². The second-order valence-corrected chi connectivity index (χ2v) is 9.13. The lowest BCUT2D eigenvalue weighted by atomic mass is 10.2. The van der Waals surface area contributed by atoms with Gasteiger partial charge in [-0.3, -0.25) is 14.2 Å². The Balaban J connectivity index is 1.47. The zero-order valence-electron chi connectivity index (χ0n) is 19.2. The van der Waals surface area contributed by atoms with Crippen LogP contribution in [0.5, 0.6) is 0 Å². The van der Waals surface area contributed by atoms with Crippen LogP contribution in [-0.2, 0) is 6.54 Å². The summed E-state index contributed by atoms with van der Waals surface area (Å²) >= 11 is 1.19. The number of aryl methyl sites for hydroxylation is 1. The molecule has 8 heteroatoms. The number of thioether (sulfide) groups is 1. The van der Waals surface area contributed by atoms with Gasteiger partial charge in [0, 0.05) is 17.0 Å². The fourth-order valence-corrected chi connectivity index (χ4v) is 5.02. The van der Waals surface area contributed by atoms with E-state index >= 15 is 0 Å². The maximum atomic E-state index is 13.5. The minimum Gasteiger partial charge on any atom is -0.467 e. The van der Waals surface area contributed by atoms with Gasteiger partial charge < -0.3 is 8.98 Å². The Morgan fingerprint density at radius 3 is 2.57 bits per heavy atom. The maximum Gasteiger partial charge on any atom is 0.266 e. The summed E-state index contributed by atoms with van der Waals surface area (Å²) in [5, 5.41) is 0.826. The molecular weight excluding hydrogens is 465 g/mol. The highest BCUT2D eigenvalue weighted by Gasteiger charge is 2.19. The molecule has 0 atom stereocenters. The normalized spacial score (nSPS) is 11.3. The van der Waals surface area contributed by atoms with Gasteiger partial charge in [-0.25, -0.2) is 9.37 Å². The summed E-state index contributed by atoms with van der Waals surface area (Å²) in [4.78, 5) is 31.2. The van der Waals surface area contributed by atoms with E-state index in [9.17, 15) is 14.0 Å². The van der Waals surface area contributed by atoms with Gasteiger partial charge in [0.25, 0.3) is 5.56 Å². The number of Topliss-reactive ketones (excluding diaryl/α,β-unsaturated/α-hetero) is 1. The number of para-hydroxylation sites is 1. The Morgan fingerprint density at radius 2 is 1.83 bits per heavy atom. The molecule has 0 fully saturated rings. The minimum absolute atomic E-state index is 0.0677. The first-order valence-electron chi connectivity index (χ1n) is 11.0. The molecule has 0 aliphatic heterocycles. The molecule has 0 aliphatic carbocycles. The molecule has 2 aromatic carbocycles. The van der Waals surface area contributed by atoms with Gasteiger partial charge in [0.05, 0.1) is 35.2 Å². The average Bonchev–Trinajstić information content (AvgIpc) is 3.47. The molecule has 0 bridgehead atoms. The number of carbonyl (C=O) groups is 1. The Kier molecular flexibility index (Phi) is 6.13. The summed E-state index contributed by atoms with van der Waals surface area (Å²) in [5.41, 5.74) is 3.20. The van der Waals surface area contributed by atoms with E-state index in [2.05, 4.69) is 4.98 Å². The van der Waals surface area contributed by atoms with Crippen LogP contribution in [0.3, 0.4) is 0 Å². The Morgan fingerprint density at radius 1 is 1.06 bits per heavy atom. The largest absolute Gasteiger partial charge is 0.467 e. The number of halogens is 1. The number of rotatable bonds is 7. The molecule has 35 heavy (non-hydrogen) atoms. The van der Waals surface area contributed by atoms with Crippen molar-refractivity contribution in [2.75, 3.05) is 5.75 Å². The van der Waals surface area contributed by atoms with Gasteiger partial charge in [-0.05, 0) is 68.4 Å². The smallest absolute Gasteiger partial charge is 0.266 e. The molecule has 3 aromatic heterocycles. The van der Waals surface area contributed by atoms with Crippen molar-refractivity contribution in [1.29, 1.82) is 0 Å². The van der Waals surface area contributed by atoms with E-state index in [1.807, 2.05) is 42.7 Å². The Hall–Kier alpha value is -3.91. The number of furan rings is 1. The van der Waals surface area contributed by atoms with Gasteiger partial charge in [0.1, 0.15) is 11.6 Å². The quantitative estimate of drug-likeness (QED) is 0.171. The van der Waals surface area contributed by atoms with E-state index in [0.29, 0.717) is 33.9 Å². The third kappa shape index (κ3) is 4.44. The van der Waals surface area contributed by atoms with Crippen LogP contribution in [0.2, 0.25) is 0 Å². The molecule has 0 aliphatic rings. The van der Waals surface area contributed by atoms with Crippen molar-refractivity contribution < 1.29 is 13.6 Å². The molecule has 0 unspecified atom stereocenters. The van der Waals surface area contributed by atoms with Crippen LogP contribution in [-0.4, -0.2) is 25.7 Å². The first-order chi connectivity index (χ1) is 16.9. The van der Waals surface area contributed by atoms with Crippen molar-refractivity contribution in [1.82, 2.24) is 14.1 Å².